The smallest absolute Gasteiger partial charge is 0.345 e. The molecule has 0 aliphatic rings. The molecule has 0 fully saturated rings. The topological polar surface area (TPSA) is 72.1 Å². The monoisotopic (exact) mass is 204 g/mol. The lowest BCUT2D eigenvalue weighted by atomic mass is 10.1. The predicted octanol–water partition coefficient (Wildman–Crippen LogP) is 0.710. The summed E-state index contributed by atoms with van der Waals surface area (Å²) in [6, 6.07) is 4.99. The summed E-state index contributed by atoms with van der Waals surface area (Å²) in [7, 11) is 1.31. The van der Waals surface area contributed by atoms with E-state index in [1.165, 1.54) is 13.3 Å². The zero-order valence-corrected chi connectivity index (χ0v) is 7.98. The van der Waals surface area contributed by atoms with Gasteiger partial charge in [0.1, 0.15) is 0 Å². The Bertz CT molecular complexity index is 574. The first-order valence-electron chi connectivity index (χ1n) is 4.29. The van der Waals surface area contributed by atoms with Crippen molar-refractivity contribution in [2.75, 3.05) is 7.11 Å². The molecule has 0 atom stereocenters. The average molecular weight is 204 g/mol. The number of carbonyl (C=O) groups excluding carboxylic acids is 1. The molecular weight excluding hydrogens is 196 g/mol. The summed E-state index contributed by atoms with van der Waals surface area (Å²) < 4.78 is 4.62. The average Bonchev–Trinajstić information content (AvgIpc) is 2.26. The number of methoxy groups -OCH3 is 1. The molecule has 5 heteroatoms. The van der Waals surface area contributed by atoms with E-state index in [2.05, 4.69) is 14.7 Å². The molecule has 1 heterocycles. The van der Waals surface area contributed by atoms with Crippen molar-refractivity contribution in [2.24, 2.45) is 0 Å². The van der Waals surface area contributed by atoms with Crippen molar-refractivity contribution in [3.05, 3.63) is 40.4 Å². The molecule has 0 aliphatic carbocycles. The zero-order valence-electron chi connectivity index (χ0n) is 7.98. The molecule has 0 radical (unpaired) electrons. The van der Waals surface area contributed by atoms with Gasteiger partial charge in [-0.2, -0.15) is 0 Å². The van der Waals surface area contributed by atoms with Crippen molar-refractivity contribution in [2.45, 2.75) is 0 Å². The Morgan fingerprint density at radius 1 is 1.47 bits per heavy atom. The molecule has 2 aromatic rings. The number of esters is 1. The van der Waals surface area contributed by atoms with Crippen LogP contribution >= 0.6 is 0 Å². The Hall–Kier alpha value is -2.17. The number of hydrogen-bond acceptors (Lipinski definition) is 4. The summed E-state index contributed by atoms with van der Waals surface area (Å²) in [5, 5.41) is 0.573. The van der Waals surface area contributed by atoms with Crippen molar-refractivity contribution >= 4 is 16.9 Å². The van der Waals surface area contributed by atoms with Crippen LogP contribution < -0.4 is 5.69 Å². The number of nitrogens with one attached hydrogen (secondary N) is 1. The van der Waals surface area contributed by atoms with Gasteiger partial charge in [-0.1, -0.05) is 6.07 Å². The van der Waals surface area contributed by atoms with Crippen LogP contribution in [0.2, 0.25) is 0 Å². The van der Waals surface area contributed by atoms with E-state index in [0.717, 1.165) is 0 Å². The highest BCUT2D eigenvalue weighted by molar-refractivity contribution is 6.02. The maximum absolute atomic E-state index is 11.4. The van der Waals surface area contributed by atoms with E-state index in [1.54, 1.807) is 18.2 Å². The number of aromatic nitrogens is 2. The molecular formula is C10H8N2O3. The quantitative estimate of drug-likeness (QED) is 0.694. The number of hydrogen-bond donors (Lipinski definition) is 1. The number of aromatic amines is 1. The van der Waals surface area contributed by atoms with Gasteiger partial charge < -0.3 is 9.72 Å². The molecule has 0 aliphatic heterocycles. The van der Waals surface area contributed by atoms with Gasteiger partial charge in [-0.05, 0) is 12.1 Å². The molecule has 0 amide bonds. The van der Waals surface area contributed by atoms with Gasteiger partial charge in [0.2, 0.25) is 0 Å². The van der Waals surface area contributed by atoms with Crippen LogP contribution in [-0.4, -0.2) is 23.0 Å². The molecule has 15 heavy (non-hydrogen) atoms. The fraction of sp³-hybridized carbons (Fsp3) is 0.100. The van der Waals surface area contributed by atoms with E-state index in [4.69, 9.17) is 0 Å². The highest BCUT2D eigenvalue weighted by atomic mass is 16.5. The second kappa shape index (κ2) is 3.53. The normalized spacial score (nSPS) is 10.2. The molecule has 1 aromatic heterocycles. The third-order valence-corrected chi connectivity index (χ3v) is 2.06. The first kappa shape index (κ1) is 9.39. The van der Waals surface area contributed by atoms with E-state index in [0.29, 0.717) is 16.5 Å². The molecule has 0 saturated heterocycles. The highest BCUT2D eigenvalue weighted by Crippen LogP contribution is 2.14. The molecule has 0 saturated carbocycles. The number of carbonyl (C=O) groups is 1. The van der Waals surface area contributed by atoms with Crippen LogP contribution in [0.5, 0.6) is 0 Å². The molecule has 1 N–H and O–H groups in total. The number of rotatable bonds is 1. The summed E-state index contributed by atoms with van der Waals surface area (Å²) >= 11 is 0. The molecule has 0 spiro atoms. The van der Waals surface area contributed by atoms with Crippen molar-refractivity contribution in [3.63, 3.8) is 0 Å². The van der Waals surface area contributed by atoms with E-state index in [1.807, 2.05) is 0 Å². The zero-order chi connectivity index (χ0) is 10.8. The van der Waals surface area contributed by atoms with E-state index in [-0.39, 0.29) is 0 Å². The number of ether oxygens (including phenoxy) is 1. The maximum Gasteiger partial charge on any atom is 0.345 e. The highest BCUT2D eigenvalue weighted by Gasteiger charge is 2.09. The van der Waals surface area contributed by atoms with Gasteiger partial charge >= 0.3 is 11.7 Å². The lowest BCUT2D eigenvalue weighted by Gasteiger charge is -2.02. The number of benzene rings is 1. The number of nitrogens with zero attached hydrogens (tertiary/aromatic N) is 1. The van der Waals surface area contributed by atoms with Gasteiger partial charge in [0.25, 0.3) is 0 Å². The minimum atomic E-state index is -0.450. The first-order chi connectivity index (χ1) is 7.22. The van der Waals surface area contributed by atoms with Crippen LogP contribution in [-0.2, 0) is 4.74 Å². The fourth-order valence-corrected chi connectivity index (χ4v) is 1.37. The standard InChI is InChI=1S/C10H8N2O3/c1-15-9(13)6-3-2-4-8-7(6)5-11-10(14)12-8/h2-5H,1H3,(H,11,12,14). The van der Waals surface area contributed by atoms with Gasteiger partial charge in [-0.15, -0.1) is 0 Å². The fourth-order valence-electron chi connectivity index (χ4n) is 1.37. The Labute approximate surface area is 84.7 Å². The van der Waals surface area contributed by atoms with Crippen LogP contribution in [0.1, 0.15) is 10.4 Å². The SMILES string of the molecule is COC(=O)c1cccc2[nH]c(=O)ncc12. The second-order valence-electron chi connectivity index (χ2n) is 2.95. The van der Waals surface area contributed by atoms with Crippen molar-refractivity contribution in [3.8, 4) is 0 Å². The van der Waals surface area contributed by atoms with Gasteiger partial charge in [0.15, 0.2) is 0 Å². The predicted molar refractivity (Wildman–Crippen MR) is 53.7 cm³/mol. The van der Waals surface area contributed by atoms with Crippen LogP contribution in [0.4, 0.5) is 0 Å². The Morgan fingerprint density at radius 3 is 3.00 bits per heavy atom. The van der Waals surface area contributed by atoms with Crippen LogP contribution in [0.3, 0.4) is 0 Å². The van der Waals surface area contributed by atoms with Gasteiger partial charge in [-0.3, -0.25) is 0 Å². The minimum absolute atomic E-state index is 0.388. The van der Waals surface area contributed by atoms with Gasteiger partial charge in [0, 0.05) is 11.6 Å². The number of fused-ring (bicyclic) bond motifs is 1. The molecule has 76 valence electrons. The van der Waals surface area contributed by atoms with E-state index < -0.39 is 11.7 Å². The summed E-state index contributed by atoms with van der Waals surface area (Å²) in [5.41, 5.74) is 0.515. The first-order valence-corrected chi connectivity index (χ1v) is 4.29. The largest absolute Gasteiger partial charge is 0.465 e. The minimum Gasteiger partial charge on any atom is -0.465 e. The van der Waals surface area contributed by atoms with Gasteiger partial charge in [-0.25, -0.2) is 14.6 Å². The summed E-state index contributed by atoms with van der Waals surface area (Å²) in [4.78, 5) is 28.4. The molecule has 5 nitrogen and oxygen atoms in total. The van der Waals surface area contributed by atoms with E-state index in [9.17, 15) is 9.59 Å². The summed E-state index contributed by atoms with van der Waals surface area (Å²) in [5.74, 6) is -0.450. The van der Waals surface area contributed by atoms with Crippen LogP contribution in [0.15, 0.2) is 29.2 Å². The maximum atomic E-state index is 11.4. The number of H-pyrrole nitrogens is 1. The molecule has 1 aromatic carbocycles. The summed E-state index contributed by atoms with van der Waals surface area (Å²) in [6.45, 7) is 0. The summed E-state index contributed by atoms with van der Waals surface area (Å²) in [6.07, 6.45) is 1.36. The van der Waals surface area contributed by atoms with Crippen LogP contribution in [0, 0.1) is 0 Å². The van der Waals surface area contributed by atoms with Crippen LogP contribution in [0.25, 0.3) is 10.9 Å². The van der Waals surface area contributed by atoms with Crippen molar-refractivity contribution in [1.82, 2.24) is 9.97 Å². The van der Waals surface area contributed by atoms with Crippen molar-refractivity contribution < 1.29 is 9.53 Å². The Morgan fingerprint density at radius 2 is 2.27 bits per heavy atom. The molecule has 0 bridgehead atoms. The lowest BCUT2D eigenvalue weighted by Crippen LogP contribution is -2.10. The third-order valence-electron chi connectivity index (χ3n) is 2.06. The third kappa shape index (κ3) is 1.59. The molecule has 2 rings (SSSR count). The Balaban J connectivity index is 2.76. The van der Waals surface area contributed by atoms with Gasteiger partial charge in [0.05, 0.1) is 18.2 Å². The Kier molecular flexibility index (Phi) is 2.21. The van der Waals surface area contributed by atoms with E-state index >= 15 is 0 Å². The second-order valence-corrected chi connectivity index (χ2v) is 2.95. The lowest BCUT2D eigenvalue weighted by molar-refractivity contribution is 0.0603. The molecule has 0 unspecified atom stereocenters. The van der Waals surface area contributed by atoms with Crippen molar-refractivity contribution in [1.29, 1.82) is 0 Å².